The summed E-state index contributed by atoms with van der Waals surface area (Å²) in [4.78, 5) is 15.9. The lowest BCUT2D eigenvalue weighted by atomic mass is 10.2. The van der Waals surface area contributed by atoms with E-state index in [2.05, 4.69) is 26.2 Å². The molecule has 0 aliphatic heterocycles. The fraction of sp³-hybridized carbons (Fsp3) is 0.0769. The summed E-state index contributed by atoms with van der Waals surface area (Å²) >= 11 is 3.28. The van der Waals surface area contributed by atoms with E-state index in [0.717, 1.165) is 15.7 Å². The molecule has 1 amide bonds. The number of anilines is 1. The molecule has 0 atom stereocenters. The number of nitrogens with one attached hydrogen (secondary N) is 1. The lowest BCUT2D eigenvalue weighted by Gasteiger charge is -2.05. The molecule has 17 heavy (non-hydrogen) atoms. The summed E-state index contributed by atoms with van der Waals surface area (Å²) in [5.74, 6) is -0.163. The van der Waals surface area contributed by atoms with Gasteiger partial charge in [-0.2, -0.15) is 0 Å². The summed E-state index contributed by atoms with van der Waals surface area (Å²) in [5.41, 5.74) is 2.42. The molecule has 2 aromatic rings. The van der Waals surface area contributed by atoms with Crippen molar-refractivity contribution in [1.29, 1.82) is 0 Å². The van der Waals surface area contributed by atoms with Gasteiger partial charge in [-0.25, -0.2) is 0 Å². The molecule has 3 nitrogen and oxygen atoms in total. The van der Waals surface area contributed by atoms with Gasteiger partial charge in [-0.3, -0.25) is 9.78 Å². The van der Waals surface area contributed by atoms with E-state index in [4.69, 9.17) is 0 Å². The monoisotopic (exact) mass is 290 g/mol. The molecule has 4 heteroatoms. The first-order valence-electron chi connectivity index (χ1n) is 5.14. The van der Waals surface area contributed by atoms with Gasteiger partial charge in [0.05, 0.1) is 5.56 Å². The second-order valence-corrected chi connectivity index (χ2v) is 4.63. The average molecular weight is 291 g/mol. The summed E-state index contributed by atoms with van der Waals surface area (Å²) in [6, 6.07) is 9.40. The lowest BCUT2D eigenvalue weighted by molar-refractivity contribution is 0.102. The van der Waals surface area contributed by atoms with Gasteiger partial charge >= 0.3 is 0 Å². The van der Waals surface area contributed by atoms with Crippen molar-refractivity contribution in [2.24, 2.45) is 0 Å². The van der Waals surface area contributed by atoms with E-state index in [1.807, 2.05) is 31.2 Å². The number of pyridine rings is 1. The number of carbonyl (C=O) groups excluding carboxylic acids is 1. The molecule has 1 N–H and O–H groups in total. The molecule has 1 heterocycles. The molecule has 0 bridgehead atoms. The highest BCUT2D eigenvalue weighted by Gasteiger charge is 2.06. The zero-order valence-corrected chi connectivity index (χ0v) is 10.9. The van der Waals surface area contributed by atoms with Crippen molar-refractivity contribution in [2.75, 3.05) is 5.32 Å². The van der Waals surface area contributed by atoms with Crippen LogP contribution >= 0.6 is 15.9 Å². The molecule has 0 unspecified atom stereocenters. The van der Waals surface area contributed by atoms with Crippen LogP contribution in [0.3, 0.4) is 0 Å². The van der Waals surface area contributed by atoms with Gasteiger partial charge in [-0.15, -0.1) is 0 Å². The van der Waals surface area contributed by atoms with E-state index in [9.17, 15) is 4.79 Å². The topological polar surface area (TPSA) is 42.0 Å². The molecule has 1 aromatic carbocycles. The van der Waals surface area contributed by atoms with Crippen LogP contribution in [0.4, 0.5) is 5.69 Å². The van der Waals surface area contributed by atoms with E-state index >= 15 is 0 Å². The fourth-order valence-corrected chi connectivity index (χ4v) is 1.83. The van der Waals surface area contributed by atoms with Crippen molar-refractivity contribution < 1.29 is 4.79 Å². The third-order valence-electron chi connectivity index (χ3n) is 2.24. The van der Waals surface area contributed by atoms with Gasteiger partial charge in [0.25, 0.3) is 5.91 Å². The largest absolute Gasteiger partial charge is 0.322 e. The van der Waals surface area contributed by atoms with E-state index in [1.165, 1.54) is 6.20 Å². The number of aromatic nitrogens is 1. The van der Waals surface area contributed by atoms with Gasteiger partial charge in [-0.05, 0) is 46.6 Å². The van der Waals surface area contributed by atoms with Crippen molar-refractivity contribution >= 4 is 27.5 Å². The van der Waals surface area contributed by atoms with Crippen molar-refractivity contribution in [3.8, 4) is 0 Å². The first-order chi connectivity index (χ1) is 8.15. The molecule has 0 aliphatic rings. The smallest absolute Gasteiger partial charge is 0.257 e. The van der Waals surface area contributed by atoms with Crippen molar-refractivity contribution in [3.63, 3.8) is 0 Å². The normalized spacial score (nSPS) is 10.0. The summed E-state index contributed by atoms with van der Waals surface area (Å²) in [6.07, 6.45) is 3.18. The molecule has 1 aromatic heterocycles. The average Bonchev–Trinajstić information content (AvgIpc) is 2.29. The summed E-state index contributed by atoms with van der Waals surface area (Å²) in [5, 5.41) is 2.83. The van der Waals surface area contributed by atoms with Crippen LogP contribution < -0.4 is 5.32 Å². The molecule has 0 aliphatic carbocycles. The van der Waals surface area contributed by atoms with Crippen LogP contribution in [0, 0.1) is 6.92 Å². The minimum atomic E-state index is -0.163. The zero-order chi connectivity index (χ0) is 12.3. The maximum atomic E-state index is 11.9. The van der Waals surface area contributed by atoms with Crippen LogP contribution in [-0.2, 0) is 0 Å². The Hall–Kier alpha value is -1.68. The first-order valence-corrected chi connectivity index (χ1v) is 5.93. The minimum Gasteiger partial charge on any atom is -0.322 e. The van der Waals surface area contributed by atoms with E-state index in [1.54, 1.807) is 12.3 Å². The summed E-state index contributed by atoms with van der Waals surface area (Å²) in [7, 11) is 0. The highest BCUT2D eigenvalue weighted by atomic mass is 79.9. The SMILES string of the molecule is Cc1cccc(NC(=O)c2cncc(Br)c2)c1. The van der Waals surface area contributed by atoms with Gasteiger partial charge in [0.1, 0.15) is 0 Å². The van der Waals surface area contributed by atoms with Gasteiger partial charge in [0.2, 0.25) is 0 Å². The highest BCUT2D eigenvalue weighted by molar-refractivity contribution is 9.10. The standard InChI is InChI=1S/C13H11BrN2O/c1-9-3-2-4-12(5-9)16-13(17)10-6-11(14)8-15-7-10/h2-8H,1H3,(H,16,17). The third kappa shape index (κ3) is 3.14. The van der Waals surface area contributed by atoms with Gasteiger partial charge in [-0.1, -0.05) is 12.1 Å². The van der Waals surface area contributed by atoms with Crippen LogP contribution in [0.5, 0.6) is 0 Å². The van der Waals surface area contributed by atoms with Crippen LogP contribution in [0.25, 0.3) is 0 Å². The number of benzene rings is 1. The van der Waals surface area contributed by atoms with Crippen molar-refractivity contribution in [1.82, 2.24) is 4.98 Å². The van der Waals surface area contributed by atoms with Crippen molar-refractivity contribution in [3.05, 3.63) is 58.3 Å². The minimum absolute atomic E-state index is 0.163. The highest BCUT2D eigenvalue weighted by Crippen LogP contribution is 2.13. The van der Waals surface area contributed by atoms with Gasteiger partial charge < -0.3 is 5.32 Å². The fourth-order valence-electron chi connectivity index (χ4n) is 1.46. The molecule has 0 saturated heterocycles. The van der Waals surface area contributed by atoms with Gasteiger partial charge in [0.15, 0.2) is 0 Å². The summed E-state index contributed by atoms with van der Waals surface area (Å²) in [6.45, 7) is 1.98. The van der Waals surface area contributed by atoms with Crippen molar-refractivity contribution in [2.45, 2.75) is 6.92 Å². The molecule has 0 fully saturated rings. The maximum absolute atomic E-state index is 11.9. The Morgan fingerprint density at radius 3 is 2.82 bits per heavy atom. The van der Waals surface area contributed by atoms with Crippen LogP contribution in [0.2, 0.25) is 0 Å². The summed E-state index contributed by atoms with van der Waals surface area (Å²) < 4.78 is 0.786. The Balaban J connectivity index is 2.17. The number of nitrogens with zero attached hydrogens (tertiary/aromatic N) is 1. The second-order valence-electron chi connectivity index (χ2n) is 3.72. The number of hydrogen-bond donors (Lipinski definition) is 1. The quantitative estimate of drug-likeness (QED) is 0.921. The Morgan fingerprint density at radius 1 is 1.29 bits per heavy atom. The number of hydrogen-bond acceptors (Lipinski definition) is 2. The van der Waals surface area contributed by atoms with Crippen LogP contribution in [-0.4, -0.2) is 10.9 Å². The number of aryl methyl sites for hydroxylation is 1. The molecule has 2 rings (SSSR count). The van der Waals surface area contributed by atoms with Crippen LogP contribution in [0.1, 0.15) is 15.9 Å². The molecular formula is C13H11BrN2O. The Kier molecular flexibility index (Phi) is 3.54. The molecule has 0 saturated carbocycles. The second kappa shape index (κ2) is 5.10. The third-order valence-corrected chi connectivity index (χ3v) is 2.68. The Labute approximate surface area is 108 Å². The number of rotatable bonds is 2. The van der Waals surface area contributed by atoms with E-state index in [-0.39, 0.29) is 5.91 Å². The zero-order valence-electron chi connectivity index (χ0n) is 9.27. The number of carbonyl (C=O) groups is 1. The van der Waals surface area contributed by atoms with E-state index < -0.39 is 0 Å². The molecule has 86 valence electrons. The number of amides is 1. The predicted octanol–water partition coefficient (Wildman–Crippen LogP) is 3.40. The number of halogens is 1. The van der Waals surface area contributed by atoms with Crippen LogP contribution in [0.15, 0.2) is 47.2 Å². The van der Waals surface area contributed by atoms with Gasteiger partial charge in [0, 0.05) is 22.6 Å². The van der Waals surface area contributed by atoms with E-state index in [0.29, 0.717) is 5.56 Å². The molecule has 0 spiro atoms. The Bertz CT molecular complexity index is 555. The lowest BCUT2D eigenvalue weighted by Crippen LogP contribution is -2.12. The first kappa shape index (κ1) is 11.8. The predicted molar refractivity (Wildman–Crippen MR) is 71.1 cm³/mol. The molecular weight excluding hydrogens is 280 g/mol. The molecule has 0 radical (unpaired) electrons. The maximum Gasteiger partial charge on any atom is 0.257 e. The Morgan fingerprint density at radius 2 is 2.12 bits per heavy atom.